The van der Waals surface area contributed by atoms with Crippen LogP contribution < -0.4 is 5.32 Å². The quantitative estimate of drug-likeness (QED) is 0.311. The third kappa shape index (κ3) is 7.41. The van der Waals surface area contributed by atoms with Crippen molar-refractivity contribution in [1.82, 2.24) is 5.32 Å². The average Bonchev–Trinajstić information content (AvgIpc) is 2.70. The maximum Gasteiger partial charge on any atom is 0.331 e. The van der Waals surface area contributed by atoms with Crippen LogP contribution in [0.2, 0.25) is 0 Å². The van der Waals surface area contributed by atoms with E-state index in [1.54, 1.807) is 0 Å². The van der Waals surface area contributed by atoms with Crippen molar-refractivity contribution in [3.63, 3.8) is 0 Å². The van der Waals surface area contributed by atoms with Crippen LogP contribution in [0.4, 0.5) is 5.69 Å². The summed E-state index contributed by atoms with van der Waals surface area (Å²) in [7, 11) is 0. The molecule has 0 aliphatic carbocycles. The number of esters is 1. The maximum atomic E-state index is 11.9. The Morgan fingerprint density at radius 1 is 1.14 bits per heavy atom. The van der Waals surface area contributed by atoms with Crippen molar-refractivity contribution in [3.8, 4) is 0 Å². The number of carbonyl (C=O) groups is 2. The lowest BCUT2D eigenvalue weighted by molar-refractivity contribution is -0.384. The Labute approximate surface area is 163 Å². The van der Waals surface area contributed by atoms with Gasteiger partial charge in [-0.25, -0.2) is 4.79 Å². The number of carbonyl (C=O) groups excluding carboxylic acids is 2. The Balaban J connectivity index is 1.69. The summed E-state index contributed by atoms with van der Waals surface area (Å²) in [6, 6.07) is 15.7. The van der Waals surface area contributed by atoms with E-state index in [1.807, 2.05) is 37.3 Å². The van der Waals surface area contributed by atoms with Gasteiger partial charge in [-0.1, -0.05) is 30.3 Å². The Bertz CT molecular complexity index is 832. The highest BCUT2D eigenvalue weighted by molar-refractivity contribution is 5.89. The minimum Gasteiger partial charge on any atom is -0.452 e. The van der Waals surface area contributed by atoms with Gasteiger partial charge in [-0.3, -0.25) is 14.9 Å². The van der Waals surface area contributed by atoms with E-state index in [1.165, 1.54) is 42.0 Å². The van der Waals surface area contributed by atoms with Crippen LogP contribution in [0, 0.1) is 10.1 Å². The molecule has 0 spiro atoms. The largest absolute Gasteiger partial charge is 0.452 e. The van der Waals surface area contributed by atoms with Gasteiger partial charge in [-0.05, 0) is 49.1 Å². The lowest BCUT2D eigenvalue weighted by atomic mass is 10.1. The zero-order valence-corrected chi connectivity index (χ0v) is 15.5. The summed E-state index contributed by atoms with van der Waals surface area (Å²) in [5.41, 5.74) is 1.78. The summed E-state index contributed by atoms with van der Waals surface area (Å²) in [4.78, 5) is 33.7. The number of benzene rings is 2. The topological polar surface area (TPSA) is 98.5 Å². The van der Waals surface area contributed by atoms with Crippen molar-refractivity contribution < 1.29 is 19.2 Å². The molecule has 0 saturated heterocycles. The minimum absolute atomic E-state index is 0.0298. The van der Waals surface area contributed by atoms with E-state index >= 15 is 0 Å². The van der Waals surface area contributed by atoms with E-state index in [2.05, 4.69) is 5.32 Å². The molecule has 0 aromatic heterocycles. The smallest absolute Gasteiger partial charge is 0.331 e. The van der Waals surface area contributed by atoms with E-state index < -0.39 is 10.9 Å². The molecule has 1 unspecified atom stereocenters. The normalized spacial score (nSPS) is 11.8. The molecule has 28 heavy (non-hydrogen) atoms. The van der Waals surface area contributed by atoms with E-state index in [9.17, 15) is 19.7 Å². The van der Waals surface area contributed by atoms with Crippen molar-refractivity contribution in [3.05, 3.63) is 81.9 Å². The van der Waals surface area contributed by atoms with Crippen LogP contribution in [0.15, 0.2) is 60.7 Å². The first kappa shape index (κ1) is 20.8. The van der Waals surface area contributed by atoms with Crippen LogP contribution in [0.1, 0.15) is 24.5 Å². The fourth-order valence-corrected chi connectivity index (χ4v) is 2.47. The van der Waals surface area contributed by atoms with Crippen LogP contribution >= 0.6 is 0 Å². The molecule has 1 amide bonds. The molecule has 1 N–H and O–H groups in total. The fourth-order valence-electron chi connectivity index (χ4n) is 2.47. The number of nitro benzene ring substituents is 1. The third-order valence-corrected chi connectivity index (χ3v) is 3.98. The molecular formula is C21H22N2O5. The van der Waals surface area contributed by atoms with Gasteiger partial charge >= 0.3 is 5.97 Å². The summed E-state index contributed by atoms with van der Waals surface area (Å²) < 4.78 is 4.91. The molecule has 146 valence electrons. The van der Waals surface area contributed by atoms with Crippen LogP contribution in [0.3, 0.4) is 0 Å². The van der Waals surface area contributed by atoms with Crippen molar-refractivity contribution in [1.29, 1.82) is 0 Å². The molecule has 0 fully saturated rings. The van der Waals surface area contributed by atoms with Crippen molar-refractivity contribution in [2.75, 3.05) is 6.61 Å². The van der Waals surface area contributed by atoms with E-state index in [-0.39, 0.29) is 24.2 Å². The molecule has 0 aliphatic rings. The van der Waals surface area contributed by atoms with Gasteiger partial charge in [0.15, 0.2) is 6.61 Å². The van der Waals surface area contributed by atoms with Crippen LogP contribution in [0.5, 0.6) is 0 Å². The predicted molar refractivity (Wildman–Crippen MR) is 105 cm³/mol. The molecule has 0 bridgehead atoms. The van der Waals surface area contributed by atoms with Crippen molar-refractivity contribution >= 4 is 23.6 Å². The highest BCUT2D eigenvalue weighted by Crippen LogP contribution is 2.12. The number of non-ortho nitro benzene ring substituents is 1. The highest BCUT2D eigenvalue weighted by Gasteiger charge is 2.09. The molecule has 7 nitrogen and oxygen atoms in total. The number of aryl methyl sites for hydroxylation is 1. The lowest BCUT2D eigenvalue weighted by Gasteiger charge is -2.13. The van der Waals surface area contributed by atoms with Gasteiger partial charge in [0.05, 0.1) is 4.92 Å². The maximum absolute atomic E-state index is 11.9. The number of nitrogens with zero attached hydrogens (tertiary/aromatic N) is 1. The number of rotatable bonds is 9. The molecule has 0 heterocycles. The summed E-state index contributed by atoms with van der Waals surface area (Å²) in [5.74, 6) is -1.02. The van der Waals surface area contributed by atoms with Crippen LogP contribution in [-0.4, -0.2) is 29.4 Å². The summed E-state index contributed by atoms with van der Waals surface area (Å²) in [5, 5.41) is 13.4. The van der Waals surface area contributed by atoms with E-state index in [4.69, 9.17) is 4.74 Å². The van der Waals surface area contributed by atoms with Gasteiger partial charge in [0.25, 0.3) is 11.6 Å². The number of ether oxygens (including phenoxy) is 1. The van der Waals surface area contributed by atoms with Gasteiger partial charge < -0.3 is 10.1 Å². The van der Waals surface area contributed by atoms with Gasteiger partial charge in [-0.2, -0.15) is 0 Å². The minimum atomic E-state index is -0.662. The molecule has 2 rings (SSSR count). The summed E-state index contributed by atoms with van der Waals surface area (Å²) in [6.45, 7) is 1.54. The molecule has 2 aromatic carbocycles. The number of hydrogen-bond acceptors (Lipinski definition) is 5. The molecule has 0 aliphatic heterocycles. The Morgan fingerprint density at radius 3 is 2.46 bits per heavy atom. The van der Waals surface area contributed by atoms with Gasteiger partial charge in [0.1, 0.15) is 0 Å². The van der Waals surface area contributed by atoms with E-state index in [0.717, 1.165) is 12.8 Å². The Hall–Kier alpha value is -3.48. The molecule has 2 aromatic rings. The third-order valence-electron chi connectivity index (χ3n) is 3.98. The summed E-state index contributed by atoms with van der Waals surface area (Å²) >= 11 is 0. The van der Waals surface area contributed by atoms with Crippen LogP contribution in [0.25, 0.3) is 6.08 Å². The second-order valence-electron chi connectivity index (χ2n) is 6.28. The first-order valence-electron chi connectivity index (χ1n) is 8.86. The SMILES string of the molecule is CC(CCc1ccccc1)NC(=O)COC(=O)/C=C/c1ccc([N+](=O)[O-])cc1. The standard InChI is InChI=1S/C21H22N2O5/c1-16(7-8-17-5-3-2-4-6-17)22-20(24)15-28-21(25)14-11-18-9-12-19(13-10-18)23(26)27/h2-6,9-14,16H,7-8,15H2,1H3,(H,22,24)/b14-11+. The predicted octanol–water partition coefficient (Wildman–Crippen LogP) is 3.29. The monoisotopic (exact) mass is 382 g/mol. The van der Waals surface area contributed by atoms with Crippen LogP contribution in [-0.2, 0) is 20.7 Å². The first-order chi connectivity index (χ1) is 13.4. The number of hydrogen-bond donors (Lipinski definition) is 1. The summed E-state index contributed by atoms with van der Waals surface area (Å²) in [6.07, 6.45) is 4.27. The number of nitro groups is 1. The van der Waals surface area contributed by atoms with Gasteiger partial charge in [-0.15, -0.1) is 0 Å². The zero-order valence-electron chi connectivity index (χ0n) is 15.5. The molecule has 1 atom stereocenters. The molecule has 7 heteroatoms. The molecule has 0 radical (unpaired) electrons. The van der Waals surface area contributed by atoms with Gasteiger partial charge in [0.2, 0.25) is 0 Å². The number of amides is 1. The second kappa shape index (κ2) is 10.6. The van der Waals surface area contributed by atoms with Gasteiger partial charge in [0, 0.05) is 24.3 Å². The Morgan fingerprint density at radius 2 is 1.82 bits per heavy atom. The lowest BCUT2D eigenvalue weighted by Crippen LogP contribution is -2.36. The zero-order chi connectivity index (χ0) is 20.4. The van der Waals surface area contributed by atoms with E-state index in [0.29, 0.717) is 5.56 Å². The average molecular weight is 382 g/mol. The highest BCUT2D eigenvalue weighted by atomic mass is 16.6. The number of nitrogens with one attached hydrogen (secondary N) is 1. The molecule has 0 saturated carbocycles. The Kier molecular flexibility index (Phi) is 7.90. The van der Waals surface area contributed by atoms with Crippen molar-refractivity contribution in [2.24, 2.45) is 0 Å². The fraction of sp³-hybridized carbons (Fsp3) is 0.238. The molecular weight excluding hydrogens is 360 g/mol. The van der Waals surface area contributed by atoms with Crippen molar-refractivity contribution in [2.45, 2.75) is 25.8 Å². The first-order valence-corrected chi connectivity index (χ1v) is 8.86. The second-order valence-corrected chi connectivity index (χ2v) is 6.28.